The lowest BCUT2D eigenvalue weighted by Crippen LogP contribution is -2.42. The fraction of sp³-hybridized carbons (Fsp3) is 0.172. The first-order valence-electron chi connectivity index (χ1n) is 11.5. The van der Waals surface area contributed by atoms with E-state index in [2.05, 4.69) is 0 Å². The van der Waals surface area contributed by atoms with Gasteiger partial charge in [-0.3, -0.25) is 15.1 Å². The van der Waals surface area contributed by atoms with Crippen LogP contribution in [0.1, 0.15) is 36.3 Å². The number of allylic oxidation sites excluding steroid dienone is 2. The highest BCUT2D eigenvalue weighted by Crippen LogP contribution is 2.48. The van der Waals surface area contributed by atoms with Gasteiger partial charge in [-0.15, -0.1) is 0 Å². The van der Waals surface area contributed by atoms with Gasteiger partial charge in [0.2, 0.25) is 0 Å². The van der Waals surface area contributed by atoms with Crippen LogP contribution in [0.2, 0.25) is 5.02 Å². The third-order valence-electron chi connectivity index (χ3n) is 6.57. The molecule has 1 unspecified atom stereocenters. The minimum absolute atomic E-state index is 0.0200. The van der Waals surface area contributed by atoms with Crippen LogP contribution in [-0.4, -0.2) is 23.8 Å². The van der Waals surface area contributed by atoms with Crippen LogP contribution in [0, 0.1) is 5.41 Å². The predicted octanol–water partition coefficient (Wildman–Crippen LogP) is 6.91. The zero-order valence-electron chi connectivity index (χ0n) is 19.3. The third kappa shape index (κ3) is 4.13. The summed E-state index contributed by atoms with van der Waals surface area (Å²) in [5.41, 5.74) is 3.89. The zero-order valence-corrected chi connectivity index (χ0v) is 20.0. The first-order valence-corrected chi connectivity index (χ1v) is 11.9. The maximum absolute atomic E-state index is 13.5. The number of hydrogen-bond acceptors (Lipinski definition) is 4. The Labute approximate surface area is 209 Å². The maximum Gasteiger partial charge on any atom is 0.161 e. The molecule has 5 rings (SSSR count). The Morgan fingerprint density at radius 1 is 1.03 bits per heavy atom. The molecule has 1 aliphatic heterocycles. The molecule has 6 heteroatoms. The fourth-order valence-electron chi connectivity index (χ4n) is 4.97. The van der Waals surface area contributed by atoms with Crippen molar-refractivity contribution in [3.63, 3.8) is 0 Å². The molecule has 3 aromatic carbocycles. The van der Waals surface area contributed by atoms with Gasteiger partial charge in [0.15, 0.2) is 5.78 Å². The monoisotopic (exact) mass is 484 g/mol. The summed E-state index contributed by atoms with van der Waals surface area (Å²) in [5, 5.41) is 21.4. The van der Waals surface area contributed by atoms with E-state index in [0.29, 0.717) is 52.4 Å². The molecule has 1 aliphatic carbocycles. The molecule has 0 amide bonds. The Hall–Kier alpha value is -3.83. The minimum Gasteiger partial charge on any atom is -0.507 e. The van der Waals surface area contributed by atoms with Crippen molar-refractivity contribution >= 4 is 34.7 Å². The quantitative estimate of drug-likeness (QED) is 0.395. The Morgan fingerprint density at radius 2 is 1.77 bits per heavy atom. The number of Topliss-reactive ketones (excluding diaryl/α,β-unsaturated/α-hetero) is 1. The van der Waals surface area contributed by atoms with E-state index in [9.17, 15) is 15.3 Å². The number of amidine groups is 1. The number of hydrogen-bond donors (Lipinski definition) is 2. The van der Waals surface area contributed by atoms with Crippen molar-refractivity contribution in [2.75, 3.05) is 12.0 Å². The molecule has 3 aromatic rings. The normalized spacial score (nSPS) is 19.5. The van der Waals surface area contributed by atoms with Gasteiger partial charge in [-0.1, -0.05) is 60.1 Å². The number of carbonyl (C=O) groups excluding carboxylic acids is 1. The summed E-state index contributed by atoms with van der Waals surface area (Å²) in [4.78, 5) is 15.3. The molecule has 0 radical (unpaired) electrons. The predicted molar refractivity (Wildman–Crippen MR) is 139 cm³/mol. The molecule has 0 bridgehead atoms. The number of nitrogens with one attached hydrogen (secondary N) is 1. The summed E-state index contributed by atoms with van der Waals surface area (Å²) in [5.74, 6) is 0.259. The van der Waals surface area contributed by atoms with Gasteiger partial charge in [-0.05, 0) is 48.7 Å². The van der Waals surface area contributed by atoms with Gasteiger partial charge in [0.05, 0.1) is 7.11 Å². The number of aliphatic hydroxyl groups excluding tert-OH is 1. The molecule has 0 aromatic heterocycles. The number of methoxy groups -OCH3 is 1. The molecule has 0 saturated heterocycles. The molecule has 1 heterocycles. The van der Waals surface area contributed by atoms with Gasteiger partial charge in [0.25, 0.3) is 0 Å². The van der Waals surface area contributed by atoms with Crippen molar-refractivity contribution in [1.29, 1.82) is 5.41 Å². The molecule has 2 N–H and O–H groups in total. The lowest BCUT2D eigenvalue weighted by Gasteiger charge is -2.41. The number of ether oxygens (including phenoxy) is 1. The lowest BCUT2D eigenvalue weighted by atomic mass is 9.73. The standard InChI is InChI=1S/C29H25ClN2O3/c1-35-22-15-13-18(14-16-22)25-26-23(11-6-12-24(26)33)32(21-10-5-9-20(30)17-21)29(31)27(25)28(34)19-7-3-2-4-8-19/h2-5,7-10,13-17,25,31,34H,6,11-12H2,1H3/b28-27+,31-29?. The number of rotatable bonds is 4. The number of aliphatic hydroxyl groups is 1. The highest BCUT2D eigenvalue weighted by Gasteiger charge is 2.43. The highest BCUT2D eigenvalue weighted by atomic mass is 35.5. The Kier molecular flexibility index (Phi) is 6.18. The van der Waals surface area contributed by atoms with E-state index < -0.39 is 5.92 Å². The molecule has 0 spiro atoms. The average molecular weight is 485 g/mol. The first kappa shape index (κ1) is 22.9. The van der Waals surface area contributed by atoms with Gasteiger partial charge < -0.3 is 9.84 Å². The van der Waals surface area contributed by atoms with Crippen LogP contribution < -0.4 is 9.64 Å². The smallest absolute Gasteiger partial charge is 0.161 e. The second-order valence-electron chi connectivity index (χ2n) is 8.64. The second kappa shape index (κ2) is 9.43. The van der Waals surface area contributed by atoms with E-state index in [1.165, 1.54) is 0 Å². The van der Waals surface area contributed by atoms with Crippen molar-refractivity contribution in [2.24, 2.45) is 0 Å². The molecule has 0 saturated carbocycles. The van der Waals surface area contributed by atoms with Crippen molar-refractivity contribution in [3.05, 3.63) is 112 Å². The molecule has 5 nitrogen and oxygen atoms in total. The van der Waals surface area contributed by atoms with E-state index in [4.69, 9.17) is 16.3 Å². The Bertz CT molecular complexity index is 1360. The molecule has 0 fully saturated rings. The number of anilines is 1. The van der Waals surface area contributed by atoms with E-state index in [-0.39, 0.29) is 17.4 Å². The lowest BCUT2D eigenvalue weighted by molar-refractivity contribution is -0.116. The molecular formula is C29H25ClN2O3. The van der Waals surface area contributed by atoms with Crippen molar-refractivity contribution in [3.8, 4) is 5.75 Å². The van der Waals surface area contributed by atoms with Gasteiger partial charge in [0.1, 0.15) is 17.3 Å². The highest BCUT2D eigenvalue weighted by molar-refractivity contribution is 6.31. The largest absolute Gasteiger partial charge is 0.507 e. The first-order chi connectivity index (χ1) is 17.0. The van der Waals surface area contributed by atoms with E-state index in [0.717, 1.165) is 11.3 Å². The number of ketones is 1. The van der Waals surface area contributed by atoms with Gasteiger partial charge >= 0.3 is 0 Å². The van der Waals surface area contributed by atoms with E-state index in [1.807, 2.05) is 54.6 Å². The van der Waals surface area contributed by atoms with Crippen molar-refractivity contribution < 1.29 is 14.6 Å². The summed E-state index contributed by atoms with van der Waals surface area (Å²) in [6.45, 7) is 0. The molecule has 176 valence electrons. The SMILES string of the molecule is COc1ccc(C2C3=C(CCCC3=O)N(c3cccc(Cl)c3)C(=N)/C2=C(/O)c2ccccc2)cc1. The molecular weight excluding hydrogens is 460 g/mol. The summed E-state index contributed by atoms with van der Waals surface area (Å²) < 4.78 is 5.33. The number of nitrogens with zero attached hydrogens (tertiary/aromatic N) is 1. The third-order valence-corrected chi connectivity index (χ3v) is 6.81. The fourth-order valence-corrected chi connectivity index (χ4v) is 5.16. The topological polar surface area (TPSA) is 73.6 Å². The van der Waals surface area contributed by atoms with E-state index >= 15 is 0 Å². The molecule has 1 atom stereocenters. The number of carbonyl (C=O) groups is 1. The zero-order chi connectivity index (χ0) is 24.5. The minimum atomic E-state index is -0.577. The number of halogens is 1. The van der Waals surface area contributed by atoms with Crippen LogP contribution in [0.25, 0.3) is 5.76 Å². The van der Waals surface area contributed by atoms with Crippen LogP contribution in [-0.2, 0) is 4.79 Å². The van der Waals surface area contributed by atoms with Crippen LogP contribution in [0.5, 0.6) is 5.75 Å². The summed E-state index contributed by atoms with van der Waals surface area (Å²) in [7, 11) is 1.60. The summed E-state index contributed by atoms with van der Waals surface area (Å²) >= 11 is 6.31. The van der Waals surface area contributed by atoms with Gasteiger partial charge in [-0.2, -0.15) is 0 Å². The van der Waals surface area contributed by atoms with Crippen LogP contribution in [0.3, 0.4) is 0 Å². The number of benzene rings is 3. The molecule has 35 heavy (non-hydrogen) atoms. The molecule has 2 aliphatic rings. The van der Waals surface area contributed by atoms with E-state index in [1.54, 1.807) is 36.3 Å². The van der Waals surface area contributed by atoms with Gasteiger partial charge in [-0.25, -0.2) is 0 Å². The van der Waals surface area contributed by atoms with Crippen LogP contribution >= 0.6 is 11.6 Å². The Balaban J connectivity index is 1.82. The average Bonchev–Trinajstić information content (AvgIpc) is 2.88. The van der Waals surface area contributed by atoms with Gasteiger partial charge in [0, 0.05) is 45.5 Å². The summed E-state index contributed by atoms with van der Waals surface area (Å²) in [6, 6.07) is 23.9. The van der Waals surface area contributed by atoms with Crippen LogP contribution in [0.15, 0.2) is 95.7 Å². The van der Waals surface area contributed by atoms with Crippen molar-refractivity contribution in [1.82, 2.24) is 0 Å². The maximum atomic E-state index is 13.5. The van der Waals surface area contributed by atoms with Crippen molar-refractivity contribution in [2.45, 2.75) is 25.2 Å². The second-order valence-corrected chi connectivity index (χ2v) is 9.07. The van der Waals surface area contributed by atoms with Crippen LogP contribution in [0.4, 0.5) is 5.69 Å². The Morgan fingerprint density at radius 3 is 2.46 bits per heavy atom. The summed E-state index contributed by atoms with van der Waals surface area (Å²) in [6.07, 6.45) is 1.80.